The molecule has 0 spiro atoms. The number of nitrogens with zero attached hydrogens (tertiary/aromatic N) is 2. The maximum Gasteiger partial charge on any atom is 0.158 e. The van der Waals surface area contributed by atoms with E-state index in [1.807, 2.05) is 24.3 Å². The van der Waals surface area contributed by atoms with Gasteiger partial charge in [0.15, 0.2) is 5.84 Å². The molecule has 14 heavy (non-hydrogen) atoms. The molecule has 2 aliphatic rings. The van der Waals surface area contributed by atoms with Gasteiger partial charge in [0, 0.05) is 11.1 Å². The van der Waals surface area contributed by atoms with E-state index in [4.69, 9.17) is 5.73 Å². The Labute approximate surface area is 82.4 Å². The highest BCUT2D eigenvalue weighted by Gasteiger charge is 2.25. The molecule has 1 heterocycles. The van der Waals surface area contributed by atoms with Crippen LogP contribution in [-0.4, -0.2) is 17.7 Å². The van der Waals surface area contributed by atoms with Crippen molar-refractivity contribution < 1.29 is 0 Å². The Morgan fingerprint density at radius 3 is 2.64 bits per heavy atom. The van der Waals surface area contributed by atoms with Crippen molar-refractivity contribution in [3.63, 3.8) is 0 Å². The van der Waals surface area contributed by atoms with E-state index >= 15 is 0 Å². The summed E-state index contributed by atoms with van der Waals surface area (Å²) in [5, 5.41) is 0. The Morgan fingerprint density at radius 2 is 1.93 bits per heavy atom. The van der Waals surface area contributed by atoms with E-state index in [-0.39, 0.29) is 0 Å². The van der Waals surface area contributed by atoms with Gasteiger partial charge in [-0.15, -0.1) is 0 Å². The van der Waals surface area contributed by atoms with Crippen LogP contribution in [0.2, 0.25) is 0 Å². The maximum atomic E-state index is 5.80. The first kappa shape index (κ1) is 7.74. The highest BCUT2D eigenvalue weighted by molar-refractivity contribution is 6.21. The Bertz CT molecular complexity index is 442. The van der Waals surface area contributed by atoms with E-state index in [2.05, 4.69) is 9.98 Å². The van der Waals surface area contributed by atoms with E-state index in [9.17, 15) is 0 Å². The second-order valence-corrected chi connectivity index (χ2v) is 3.73. The minimum absolute atomic E-state index is 0.493. The Morgan fingerprint density at radius 1 is 1.21 bits per heavy atom. The van der Waals surface area contributed by atoms with Crippen LogP contribution in [-0.2, 0) is 0 Å². The van der Waals surface area contributed by atoms with Gasteiger partial charge in [-0.3, -0.25) is 4.99 Å². The summed E-state index contributed by atoms with van der Waals surface area (Å²) in [7, 11) is 0. The van der Waals surface area contributed by atoms with Gasteiger partial charge in [0.05, 0.1) is 6.04 Å². The van der Waals surface area contributed by atoms with Crippen LogP contribution in [0.3, 0.4) is 0 Å². The monoisotopic (exact) mass is 185 g/mol. The topological polar surface area (TPSA) is 50.7 Å². The summed E-state index contributed by atoms with van der Waals surface area (Å²) in [6.45, 7) is 0. The summed E-state index contributed by atoms with van der Waals surface area (Å²) in [6.07, 6.45) is 2.39. The van der Waals surface area contributed by atoms with E-state index in [0.29, 0.717) is 11.9 Å². The number of benzene rings is 1. The summed E-state index contributed by atoms with van der Waals surface area (Å²) in [6, 6.07) is 8.48. The van der Waals surface area contributed by atoms with Crippen LogP contribution in [0.15, 0.2) is 34.3 Å². The van der Waals surface area contributed by atoms with Gasteiger partial charge in [0.2, 0.25) is 0 Å². The fourth-order valence-electron chi connectivity index (χ4n) is 1.61. The molecule has 0 saturated heterocycles. The molecule has 1 aliphatic heterocycles. The smallest absolute Gasteiger partial charge is 0.158 e. The molecule has 0 bridgehead atoms. The lowest BCUT2D eigenvalue weighted by Gasteiger charge is -1.97. The van der Waals surface area contributed by atoms with Gasteiger partial charge in [-0.05, 0) is 12.8 Å². The fourth-order valence-corrected chi connectivity index (χ4v) is 1.61. The average Bonchev–Trinajstić information content (AvgIpc) is 2.95. The molecule has 70 valence electrons. The lowest BCUT2D eigenvalue weighted by Crippen LogP contribution is -2.09. The third kappa shape index (κ3) is 1.13. The van der Waals surface area contributed by atoms with Gasteiger partial charge in [-0.25, -0.2) is 4.99 Å². The van der Waals surface area contributed by atoms with Gasteiger partial charge in [-0.2, -0.15) is 0 Å². The first-order valence-corrected chi connectivity index (χ1v) is 4.86. The number of aliphatic imine (C=N–C) groups is 2. The van der Waals surface area contributed by atoms with Crippen LogP contribution >= 0.6 is 0 Å². The van der Waals surface area contributed by atoms with Crippen molar-refractivity contribution >= 4 is 11.7 Å². The molecule has 1 saturated carbocycles. The van der Waals surface area contributed by atoms with E-state index in [1.165, 1.54) is 12.8 Å². The molecule has 1 aromatic rings. The average molecular weight is 185 g/mol. The number of hydrogen-bond donors (Lipinski definition) is 1. The van der Waals surface area contributed by atoms with Crippen molar-refractivity contribution in [1.29, 1.82) is 0 Å². The van der Waals surface area contributed by atoms with Crippen molar-refractivity contribution in [3.05, 3.63) is 35.4 Å². The number of hydrogen-bond acceptors (Lipinski definition) is 2. The summed E-state index contributed by atoms with van der Waals surface area (Å²) in [5.41, 5.74) is 7.90. The number of rotatable bonds is 1. The van der Waals surface area contributed by atoms with Gasteiger partial charge < -0.3 is 5.73 Å². The lowest BCUT2D eigenvalue weighted by atomic mass is 10.1. The molecule has 2 N–H and O–H groups in total. The van der Waals surface area contributed by atoms with Crippen molar-refractivity contribution in [3.8, 4) is 0 Å². The second kappa shape index (κ2) is 2.67. The van der Waals surface area contributed by atoms with Crippen molar-refractivity contribution in [1.82, 2.24) is 0 Å². The fraction of sp³-hybridized carbons (Fsp3) is 0.273. The molecule has 1 aliphatic carbocycles. The molecule has 0 unspecified atom stereocenters. The predicted molar refractivity (Wildman–Crippen MR) is 56.7 cm³/mol. The largest absolute Gasteiger partial charge is 0.383 e. The third-order valence-electron chi connectivity index (χ3n) is 2.52. The van der Waals surface area contributed by atoms with E-state index in [1.54, 1.807) is 0 Å². The van der Waals surface area contributed by atoms with Crippen LogP contribution in [0.25, 0.3) is 0 Å². The molecular weight excluding hydrogens is 174 g/mol. The SMILES string of the molecule is NC1=NC(=NC2CC2)c2ccccc21. The van der Waals surface area contributed by atoms with Crippen molar-refractivity contribution in [2.75, 3.05) is 0 Å². The molecule has 0 amide bonds. The van der Waals surface area contributed by atoms with Gasteiger partial charge >= 0.3 is 0 Å². The van der Waals surface area contributed by atoms with Crippen LogP contribution in [0.1, 0.15) is 24.0 Å². The first-order valence-electron chi connectivity index (χ1n) is 4.86. The quantitative estimate of drug-likeness (QED) is 0.704. The number of fused-ring (bicyclic) bond motifs is 1. The highest BCUT2D eigenvalue weighted by atomic mass is 15.0. The maximum absolute atomic E-state index is 5.80. The van der Waals surface area contributed by atoms with Crippen LogP contribution in [0.4, 0.5) is 0 Å². The highest BCUT2D eigenvalue weighted by Crippen LogP contribution is 2.26. The second-order valence-electron chi connectivity index (χ2n) is 3.73. The summed E-state index contributed by atoms with van der Waals surface area (Å²) in [5.74, 6) is 1.42. The lowest BCUT2D eigenvalue weighted by molar-refractivity contribution is 1.06. The normalized spacial score (nSPS) is 22.3. The molecule has 0 atom stereocenters. The summed E-state index contributed by atoms with van der Waals surface area (Å²) >= 11 is 0. The zero-order valence-corrected chi connectivity index (χ0v) is 7.77. The van der Waals surface area contributed by atoms with Crippen LogP contribution < -0.4 is 5.73 Å². The third-order valence-corrected chi connectivity index (χ3v) is 2.52. The van der Waals surface area contributed by atoms with Gasteiger partial charge in [-0.1, -0.05) is 24.3 Å². The van der Waals surface area contributed by atoms with E-state index in [0.717, 1.165) is 17.0 Å². The standard InChI is InChI=1S/C11H11N3/c12-10-8-3-1-2-4-9(8)11(14-10)13-7-5-6-7/h1-4,7H,5-6H2,(H2,12,13,14). The number of amidine groups is 2. The Balaban J connectivity index is 2.11. The minimum atomic E-state index is 0.493. The molecule has 3 rings (SSSR count). The van der Waals surface area contributed by atoms with Crippen LogP contribution in [0.5, 0.6) is 0 Å². The molecule has 3 nitrogen and oxygen atoms in total. The predicted octanol–water partition coefficient (Wildman–Crippen LogP) is 1.31. The first-order chi connectivity index (χ1) is 6.84. The van der Waals surface area contributed by atoms with Crippen LogP contribution in [0, 0.1) is 0 Å². The zero-order chi connectivity index (χ0) is 9.54. The molecule has 1 aromatic carbocycles. The molecule has 0 radical (unpaired) electrons. The molecular formula is C11H11N3. The van der Waals surface area contributed by atoms with Crippen molar-refractivity contribution in [2.45, 2.75) is 18.9 Å². The van der Waals surface area contributed by atoms with E-state index < -0.39 is 0 Å². The molecule has 0 aromatic heterocycles. The Hall–Kier alpha value is -1.64. The van der Waals surface area contributed by atoms with Crippen molar-refractivity contribution in [2.24, 2.45) is 15.7 Å². The summed E-state index contributed by atoms with van der Waals surface area (Å²) in [4.78, 5) is 8.81. The Kier molecular flexibility index (Phi) is 1.48. The van der Waals surface area contributed by atoms with Gasteiger partial charge in [0.25, 0.3) is 0 Å². The minimum Gasteiger partial charge on any atom is -0.383 e. The van der Waals surface area contributed by atoms with Gasteiger partial charge in [0.1, 0.15) is 5.84 Å². The molecule has 3 heteroatoms. The number of nitrogens with two attached hydrogens (primary N) is 1. The summed E-state index contributed by atoms with van der Waals surface area (Å²) < 4.78 is 0. The zero-order valence-electron chi connectivity index (χ0n) is 7.77. The molecule has 1 fully saturated rings.